The predicted molar refractivity (Wildman–Crippen MR) is 67.0 cm³/mol. The van der Waals surface area contributed by atoms with Crippen molar-refractivity contribution in [1.29, 1.82) is 0 Å². The van der Waals surface area contributed by atoms with Crippen molar-refractivity contribution in [2.45, 2.75) is 32.7 Å². The maximum Gasteiger partial charge on any atom is 0.216 e. The van der Waals surface area contributed by atoms with Crippen LogP contribution < -0.4 is 10.1 Å². The van der Waals surface area contributed by atoms with Gasteiger partial charge in [0.15, 0.2) is 0 Å². The van der Waals surface area contributed by atoms with Gasteiger partial charge in [-0.25, -0.2) is 9.97 Å². The van der Waals surface area contributed by atoms with Crippen LogP contribution in [0.1, 0.15) is 26.0 Å². The van der Waals surface area contributed by atoms with E-state index in [-0.39, 0.29) is 0 Å². The number of ether oxygens (including phenoxy) is 1. The number of rotatable bonds is 6. The molecule has 1 fully saturated rings. The van der Waals surface area contributed by atoms with Crippen molar-refractivity contribution < 1.29 is 4.74 Å². The van der Waals surface area contributed by atoms with Gasteiger partial charge in [0.25, 0.3) is 0 Å². The molecule has 2 rings (SSSR count). The molecule has 0 amide bonds. The lowest BCUT2D eigenvalue weighted by molar-refractivity contribution is 0.394. The maximum atomic E-state index is 5.12. The van der Waals surface area contributed by atoms with E-state index in [0.29, 0.717) is 11.9 Å². The van der Waals surface area contributed by atoms with Crippen LogP contribution in [0.2, 0.25) is 0 Å². The average molecular weight is 235 g/mol. The Balaban J connectivity index is 2.01. The molecule has 0 bridgehead atoms. The minimum absolute atomic E-state index is 0.537. The zero-order chi connectivity index (χ0) is 12.3. The highest BCUT2D eigenvalue weighted by Gasteiger charge is 2.39. The zero-order valence-electron chi connectivity index (χ0n) is 10.8. The number of likely N-dealkylation sites (N-methyl/N-ethyl adjacent to an activating group) is 1. The number of hydrogen-bond donors (Lipinski definition) is 1. The Hall–Kier alpha value is -1.16. The monoisotopic (exact) mass is 235 g/mol. The van der Waals surface area contributed by atoms with Crippen molar-refractivity contribution in [2.75, 3.05) is 13.7 Å². The summed E-state index contributed by atoms with van der Waals surface area (Å²) in [7, 11) is 1.64. The van der Waals surface area contributed by atoms with Gasteiger partial charge < -0.3 is 10.1 Å². The molecule has 94 valence electrons. The van der Waals surface area contributed by atoms with Crippen LogP contribution in [0.3, 0.4) is 0 Å². The first-order valence-electron chi connectivity index (χ1n) is 6.32. The molecule has 1 aliphatic rings. The average Bonchev–Trinajstić information content (AvgIpc) is 3.06. The Morgan fingerprint density at radius 2 is 2.29 bits per heavy atom. The molecule has 1 aromatic heterocycles. The highest BCUT2D eigenvalue weighted by molar-refractivity contribution is 5.15. The van der Waals surface area contributed by atoms with Gasteiger partial charge >= 0.3 is 0 Å². The van der Waals surface area contributed by atoms with E-state index in [1.807, 2.05) is 6.07 Å². The Morgan fingerprint density at radius 1 is 1.53 bits per heavy atom. The molecule has 0 spiro atoms. The van der Waals surface area contributed by atoms with Crippen molar-refractivity contribution >= 4 is 0 Å². The van der Waals surface area contributed by atoms with Crippen LogP contribution in [0.15, 0.2) is 12.4 Å². The molecule has 17 heavy (non-hydrogen) atoms. The zero-order valence-corrected chi connectivity index (χ0v) is 10.8. The lowest BCUT2D eigenvalue weighted by Crippen LogP contribution is -2.33. The fraction of sp³-hybridized carbons (Fsp3) is 0.692. The third kappa shape index (κ3) is 3.16. The fourth-order valence-electron chi connectivity index (χ4n) is 2.37. The summed E-state index contributed by atoms with van der Waals surface area (Å²) >= 11 is 0. The second-order valence-electron chi connectivity index (χ2n) is 4.80. The first-order chi connectivity index (χ1) is 8.24. The summed E-state index contributed by atoms with van der Waals surface area (Å²) in [5.41, 5.74) is 1.06. The van der Waals surface area contributed by atoms with E-state index < -0.39 is 0 Å². The Morgan fingerprint density at radius 3 is 2.88 bits per heavy atom. The predicted octanol–water partition coefficient (Wildman–Crippen LogP) is 1.66. The van der Waals surface area contributed by atoms with E-state index >= 15 is 0 Å². The SMILES string of the molecule is CCNC(Cc1cc(OC)ncn1)C1CC1C. The van der Waals surface area contributed by atoms with Gasteiger partial charge in [-0.1, -0.05) is 13.8 Å². The summed E-state index contributed by atoms with van der Waals surface area (Å²) in [5, 5.41) is 3.56. The van der Waals surface area contributed by atoms with E-state index in [0.717, 1.165) is 30.5 Å². The topological polar surface area (TPSA) is 47.0 Å². The van der Waals surface area contributed by atoms with Gasteiger partial charge in [0.05, 0.1) is 7.11 Å². The van der Waals surface area contributed by atoms with Crippen molar-refractivity contribution in [3.63, 3.8) is 0 Å². The largest absolute Gasteiger partial charge is 0.481 e. The van der Waals surface area contributed by atoms with Crippen molar-refractivity contribution in [2.24, 2.45) is 11.8 Å². The number of nitrogens with one attached hydrogen (secondary N) is 1. The molecule has 4 heteroatoms. The van der Waals surface area contributed by atoms with Gasteiger partial charge in [0.2, 0.25) is 5.88 Å². The van der Waals surface area contributed by atoms with Crippen LogP contribution in [0.5, 0.6) is 5.88 Å². The number of hydrogen-bond acceptors (Lipinski definition) is 4. The maximum absolute atomic E-state index is 5.12. The first-order valence-corrected chi connectivity index (χ1v) is 6.32. The molecule has 0 aliphatic heterocycles. The quantitative estimate of drug-likeness (QED) is 0.814. The summed E-state index contributed by atoms with van der Waals surface area (Å²) < 4.78 is 5.12. The van der Waals surface area contributed by atoms with E-state index in [1.54, 1.807) is 13.4 Å². The molecular formula is C13H21N3O. The molecule has 1 aliphatic carbocycles. The van der Waals surface area contributed by atoms with Crippen LogP contribution in [-0.2, 0) is 6.42 Å². The lowest BCUT2D eigenvalue weighted by Gasteiger charge is -2.17. The van der Waals surface area contributed by atoms with E-state index in [9.17, 15) is 0 Å². The highest BCUT2D eigenvalue weighted by atomic mass is 16.5. The van der Waals surface area contributed by atoms with Crippen molar-refractivity contribution in [3.8, 4) is 5.88 Å². The summed E-state index contributed by atoms with van der Waals surface area (Å²) in [4.78, 5) is 8.35. The van der Waals surface area contributed by atoms with Gasteiger partial charge in [-0.2, -0.15) is 0 Å². The second kappa shape index (κ2) is 5.45. The van der Waals surface area contributed by atoms with Crippen LogP contribution in [0, 0.1) is 11.8 Å². The number of methoxy groups -OCH3 is 1. The second-order valence-corrected chi connectivity index (χ2v) is 4.80. The molecule has 1 aromatic rings. The summed E-state index contributed by atoms with van der Waals surface area (Å²) in [6.07, 6.45) is 3.87. The highest BCUT2D eigenvalue weighted by Crippen LogP contribution is 2.41. The van der Waals surface area contributed by atoms with Crippen molar-refractivity contribution in [3.05, 3.63) is 18.1 Å². The third-order valence-electron chi connectivity index (χ3n) is 3.49. The van der Waals surface area contributed by atoms with Crippen LogP contribution >= 0.6 is 0 Å². The first kappa shape index (κ1) is 12.3. The molecule has 3 unspecified atom stereocenters. The smallest absolute Gasteiger partial charge is 0.216 e. The molecule has 1 heterocycles. The number of aromatic nitrogens is 2. The molecule has 4 nitrogen and oxygen atoms in total. The van der Waals surface area contributed by atoms with Crippen LogP contribution in [-0.4, -0.2) is 29.7 Å². The van der Waals surface area contributed by atoms with E-state index in [1.165, 1.54) is 6.42 Å². The summed E-state index contributed by atoms with van der Waals surface area (Å²) in [5.74, 6) is 2.30. The molecule has 0 aromatic carbocycles. The van der Waals surface area contributed by atoms with Crippen molar-refractivity contribution in [1.82, 2.24) is 15.3 Å². The third-order valence-corrected chi connectivity index (χ3v) is 3.49. The molecule has 0 saturated heterocycles. The lowest BCUT2D eigenvalue weighted by atomic mass is 10.0. The van der Waals surface area contributed by atoms with Gasteiger partial charge in [-0.05, 0) is 24.8 Å². The van der Waals surface area contributed by atoms with E-state index in [4.69, 9.17) is 4.74 Å². The minimum Gasteiger partial charge on any atom is -0.481 e. The molecule has 1 saturated carbocycles. The van der Waals surface area contributed by atoms with Gasteiger partial charge in [-0.15, -0.1) is 0 Å². The minimum atomic E-state index is 0.537. The van der Waals surface area contributed by atoms with Gasteiger partial charge in [-0.3, -0.25) is 0 Å². The molecule has 3 atom stereocenters. The molecule has 0 radical (unpaired) electrons. The standard InChI is InChI=1S/C13H21N3O/c1-4-14-12(11-5-9(11)2)6-10-7-13(17-3)16-8-15-10/h7-9,11-12,14H,4-6H2,1-3H3. The fourth-order valence-corrected chi connectivity index (χ4v) is 2.37. The Bertz CT molecular complexity index is 369. The summed E-state index contributed by atoms with van der Waals surface area (Å²) in [6.45, 7) is 5.48. The van der Waals surface area contributed by atoms with Crippen LogP contribution in [0.25, 0.3) is 0 Å². The normalized spacial score (nSPS) is 24.4. The Labute approximate surface area is 103 Å². The van der Waals surface area contributed by atoms with Gasteiger partial charge in [0, 0.05) is 24.2 Å². The summed E-state index contributed by atoms with van der Waals surface area (Å²) in [6, 6.07) is 2.46. The van der Waals surface area contributed by atoms with Gasteiger partial charge in [0.1, 0.15) is 6.33 Å². The van der Waals surface area contributed by atoms with Crippen LogP contribution in [0.4, 0.5) is 0 Å². The molecule has 1 N–H and O–H groups in total. The molecular weight excluding hydrogens is 214 g/mol. The number of nitrogens with zero attached hydrogens (tertiary/aromatic N) is 2. The van der Waals surface area contributed by atoms with E-state index in [2.05, 4.69) is 29.1 Å². The Kier molecular flexibility index (Phi) is 3.94.